The van der Waals surface area contributed by atoms with E-state index in [2.05, 4.69) is 0 Å². The second kappa shape index (κ2) is 11.2. The molecule has 182 valence electrons. The number of benzene rings is 2. The molecule has 7 nitrogen and oxygen atoms in total. The molecule has 0 spiro atoms. The third-order valence-corrected chi connectivity index (χ3v) is 5.68. The van der Waals surface area contributed by atoms with Gasteiger partial charge in [0.1, 0.15) is 5.82 Å². The normalized spacial score (nSPS) is 17.5. The zero-order valence-corrected chi connectivity index (χ0v) is 20.0. The summed E-state index contributed by atoms with van der Waals surface area (Å²) in [5.41, 5.74) is 0.581. The molecule has 1 N–H and O–H groups in total. The maximum atomic E-state index is 13.4. The molecular weight excluding hydrogens is 439 g/mol. The summed E-state index contributed by atoms with van der Waals surface area (Å²) < 4.78 is 24.6. The van der Waals surface area contributed by atoms with Crippen LogP contribution in [0.5, 0.6) is 11.5 Å². The van der Waals surface area contributed by atoms with Gasteiger partial charge in [0, 0.05) is 18.5 Å². The predicted octanol–water partition coefficient (Wildman–Crippen LogP) is 1.38. The van der Waals surface area contributed by atoms with Gasteiger partial charge in [-0.25, -0.2) is 4.39 Å². The van der Waals surface area contributed by atoms with Gasteiger partial charge in [0.25, 0.3) is 5.91 Å². The van der Waals surface area contributed by atoms with E-state index < -0.39 is 29.3 Å². The van der Waals surface area contributed by atoms with Gasteiger partial charge in [0.2, 0.25) is 5.78 Å². The highest BCUT2D eigenvalue weighted by Crippen LogP contribution is 2.41. The van der Waals surface area contributed by atoms with Gasteiger partial charge in [-0.05, 0) is 41.8 Å². The van der Waals surface area contributed by atoms with Crippen molar-refractivity contribution in [2.45, 2.75) is 25.8 Å². The second-order valence-electron chi connectivity index (χ2n) is 8.55. The number of rotatable bonds is 10. The predicted molar refractivity (Wildman–Crippen MR) is 124 cm³/mol. The van der Waals surface area contributed by atoms with Crippen molar-refractivity contribution < 1.29 is 33.5 Å². The molecule has 0 saturated carbocycles. The summed E-state index contributed by atoms with van der Waals surface area (Å²) >= 11 is 0. The number of likely N-dealkylation sites (tertiary alicyclic amines) is 1. The molecule has 3 rings (SSSR count). The Balaban J connectivity index is 2.10. The Kier molecular flexibility index (Phi) is 8.28. The van der Waals surface area contributed by atoms with Crippen LogP contribution in [0.2, 0.25) is 0 Å². The van der Waals surface area contributed by atoms with Crippen molar-refractivity contribution in [3.05, 3.63) is 65.0 Å². The third kappa shape index (κ3) is 5.39. The fraction of sp³-hybridized carbons (Fsp3) is 0.385. The fourth-order valence-electron chi connectivity index (χ4n) is 3.99. The maximum absolute atomic E-state index is 13.4. The van der Waals surface area contributed by atoms with Crippen molar-refractivity contribution in [3.8, 4) is 11.5 Å². The minimum Gasteiger partial charge on any atom is -0.872 e. The highest BCUT2D eigenvalue weighted by atomic mass is 19.1. The molecule has 2 aromatic rings. The largest absolute Gasteiger partial charge is 0.872 e. The topological polar surface area (TPSA) is 83.3 Å². The van der Waals surface area contributed by atoms with E-state index in [-0.39, 0.29) is 11.1 Å². The van der Waals surface area contributed by atoms with Crippen molar-refractivity contribution in [1.82, 2.24) is 4.90 Å². The van der Waals surface area contributed by atoms with E-state index in [0.29, 0.717) is 36.6 Å². The van der Waals surface area contributed by atoms with Crippen LogP contribution in [0, 0.1) is 5.82 Å². The SMILES string of the molecule is CCCOc1ccc(C2/C(=C(\[O-])c3ccc(F)cc3)C(=O)C(=O)N2CCC[NH+](C)C)cc1OC. The number of carbonyl (C=O) groups is 2. The quantitative estimate of drug-likeness (QED) is 0.322. The van der Waals surface area contributed by atoms with Crippen molar-refractivity contribution >= 4 is 17.4 Å². The van der Waals surface area contributed by atoms with Gasteiger partial charge in [0.05, 0.1) is 40.4 Å². The van der Waals surface area contributed by atoms with Crippen LogP contribution in [-0.2, 0) is 9.59 Å². The first-order valence-electron chi connectivity index (χ1n) is 11.4. The molecule has 1 fully saturated rings. The summed E-state index contributed by atoms with van der Waals surface area (Å²) in [7, 11) is 5.52. The Hall–Kier alpha value is -3.39. The number of methoxy groups -OCH3 is 1. The third-order valence-electron chi connectivity index (χ3n) is 5.68. The number of hydrogen-bond acceptors (Lipinski definition) is 5. The molecule has 0 bridgehead atoms. The van der Waals surface area contributed by atoms with Crippen molar-refractivity contribution in [3.63, 3.8) is 0 Å². The second-order valence-corrected chi connectivity index (χ2v) is 8.55. The van der Waals surface area contributed by atoms with Crippen LogP contribution in [0.25, 0.3) is 5.76 Å². The van der Waals surface area contributed by atoms with Crippen LogP contribution in [-0.4, -0.2) is 57.5 Å². The van der Waals surface area contributed by atoms with E-state index in [0.717, 1.165) is 25.1 Å². The smallest absolute Gasteiger partial charge is 0.295 e. The van der Waals surface area contributed by atoms with E-state index in [4.69, 9.17) is 9.47 Å². The summed E-state index contributed by atoms with van der Waals surface area (Å²) in [4.78, 5) is 28.7. The first kappa shape index (κ1) is 25.2. The molecule has 1 aliphatic rings. The maximum Gasteiger partial charge on any atom is 0.295 e. The molecule has 1 unspecified atom stereocenters. The van der Waals surface area contributed by atoms with Crippen molar-refractivity contribution in [1.29, 1.82) is 0 Å². The molecule has 8 heteroatoms. The molecule has 1 aliphatic heterocycles. The Morgan fingerprint density at radius 3 is 2.44 bits per heavy atom. The Labute approximate surface area is 199 Å². The van der Waals surface area contributed by atoms with E-state index in [1.807, 2.05) is 21.0 Å². The number of carbonyl (C=O) groups excluding carboxylic acids is 2. The highest BCUT2D eigenvalue weighted by Gasteiger charge is 2.44. The molecule has 1 amide bonds. The average molecular weight is 471 g/mol. The number of amides is 1. The van der Waals surface area contributed by atoms with Crippen LogP contribution in [0.4, 0.5) is 4.39 Å². The van der Waals surface area contributed by atoms with Gasteiger partial charge in [-0.1, -0.05) is 30.9 Å². The lowest BCUT2D eigenvalue weighted by Crippen LogP contribution is -3.05. The van der Waals surface area contributed by atoms with Crippen molar-refractivity contribution in [2.75, 3.05) is 40.9 Å². The van der Waals surface area contributed by atoms with Crippen LogP contribution >= 0.6 is 0 Å². The average Bonchev–Trinajstić information content (AvgIpc) is 3.07. The first-order valence-corrected chi connectivity index (χ1v) is 11.4. The summed E-state index contributed by atoms with van der Waals surface area (Å²) in [5, 5.41) is 13.4. The van der Waals surface area contributed by atoms with Crippen molar-refractivity contribution in [2.24, 2.45) is 0 Å². The Bertz CT molecular complexity index is 1070. The van der Waals surface area contributed by atoms with Crippen LogP contribution in [0.1, 0.15) is 36.9 Å². The fourth-order valence-corrected chi connectivity index (χ4v) is 3.99. The zero-order valence-electron chi connectivity index (χ0n) is 20.0. The van der Waals surface area contributed by atoms with Gasteiger partial charge < -0.3 is 24.4 Å². The lowest BCUT2D eigenvalue weighted by molar-refractivity contribution is -0.858. The Morgan fingerprint density at radius 2 is 1.82 bits per heavy atom. The molecule has 0 aliphatic carbocycles. The van der Waals surface area contributed by atoms with Gasteiger partial charge in [0.15, 0.2) is 11.5 Å². The minimum absolute atomic E-state index is 0.141. The number of hydrogen-bond donors (Lipinski definition) is 1. The van der Waals surface area contributed by atoms with Gasteiger partial charge >= 0.3 is 0 Å². The highest BCUT2D eigenvalue weighted by molar-refractivity contribution is 6.46. The standard InChI is InChI=1S/C26H31FN2O5/c1-5-15-34-20-12-9-18(16-21(20)33-4)23-22(24(30)17-7-10-19(27)11-8-17)25(31)26(32)29(23)14-6-13-28(2)3/h7-12,16,23,30H,5-6,13-15H2,1-4H3/b24-22+. The first-order chi connectivity index (χ1) is 16.3. The number of quaternary nitrogens is 1. The molecular formula is C26H31FN2O5. The zero-order chi connectivity index (χ0) is 24.8. The number of ketones is 1. The summed E-state index contributed by atoms with van der Waals surface area (Å²) in [6.45, 7) is 3.61. The minimum atomic E-state index is -0.871. The lowest BCUT2D eigenvalue weighted by atomic mass is 9.95. The molecule has 1 saturated heterocycles. The van der Waals surface area contributed by atoms with Crippen LogP contribution < -0.4 is 19.5 Å². The molecule has 2 aromatic carbocycles. The van der Waals surface area contributed by atoms with Crippen LogP contribution in [0.3, 0.4) is 0 Å². The molecule has 0 aromatic heterocycles. The van der Waals surface area contributed by atoms with E-state index >= 15 is 0 Å². The van der Waals surface area contributed by atoms with E-state index in [1.165, 1.54) is 29.0 Å². The number of nitrogens with one attached hydrogen (secondary N) is 1. The van der Waals surface area contributed by atoms with Gasteiger partial charge in [-0.15, -0.1) is 0 Å². The molecule has 1 heterocycles. The number of ether oxygens (including phenoxy) is 2. The van der Waals surface area contributed by atoms with Gasteiger partial charge in [-0.2, -0.15) is 0 Å². The number of Topliss-reactive ketones (excluding diaryl/α,β-unsaturated/α-hetero) is 1. The molecule has 1 atom stereocenters. The monoisotopic (exact) mass is 470 g/mol. The molecule has 0 radical (unpaired) electrons. The van der Waals surface area contributed by atoms with E-state index in [9.17, 15) is 19.1 Å². The summed E-state index contributed by atoms with van der Waals surface area (Å²) in [5.74, 6) is -1.64. The van der Waals surface area contributed by atoms with Gasteiger partial charge in [-0.3, -0.25) is 9.59 Å². The van der Waals surface area contributed by atoms with Crippen LogP contribution in [0.15, 0.2) is 48.0 Å². The molecule has 34 heavy (non-hydrogen) atoms. The number of halogens is 1. The number of nitrogens with zero attached hydrogens (tertiary/aromatic N) is 1. The summed E-state index contributed by atoms with van der Waals surface area (Å²) in [6, 6.07) is 9.24. The Morgan fingerprint density at radius 1 is 1.12 bits per heavy atom. The van der Waals surface area contributed by atoms with E-state index in [1.54, 1.807) is 18.2 Å². The lowest BCUT2D eigenvalue weighted by Gasteiger charge is -2.28. The summed E-state index contributed by atoms with van der Waals surface area (Å²) in [6.07, 6.45) is 1.48.